The molecule has 2 N–H and O–H groups in total. The van der Waals surface area contributed by atoms with E-state index in [0.29, 0.717) is 37.2 Å². The zero-order valence-corrected chi connectivity index (χ0v) is 21.2. The topological polar surface area (TPSA) is 108 Å². The van der Waals surface area contributed by atoms with Crippen molar-refractivity contribution in [2.24, 2.45) is 0 Å². The number of carbonyl (C=O) groups excluding carboxylic acids is 4. The molecule has 196 valence electrons. The highest BCUT2D eigenvalue weighted by molar-refractivity contribution is 6.22. The van der Waals surface area contributed by atoms with Gasteiger partial charge in [0.05, 0.1) is 36.0 Å². The summed E-state index contributed by atoms with van der Waals surface area (Å²) >= 11 is 0. The van der Waals surface area contributed by atoms with Gasteiger partial charge in [0.15, 0.2) is 0 Å². The molecule has 0 aromatic heterocycles. The van der Waals surface area contributed by atoms with Crippen molar-refractivity contribution in [1.29, 1.82) is 0 Å². The van der Waals surface area contributed by atoms with Gasteiger partial charge in [0.1, 0.15) is 0 Å². The lowest BCUT2D eigenvalue weighted by Gasteiger charge is -2.35. The minimum Gasteiger partial charge on any atom is -0.462 e. The molecule has 2 saturated heterocycles. The summed E-state index contributed by atoms with van der Waals surface area (Å²) in [6.07, 6.45) is 1.46. The number of carbonyl (C=O) groups is 4. The molecule has 2 heterocycles. The number of amides is 4. The van der Waals surface area contributed by atoms with E-state index >= 15 is 0 Å². The van der Waals surface area contributed by atoms with Crippen molar-refractivity contribution in [2.75, 3.05) is 29.9 Å². The molecule has 0 bridgehead atoms. The summed E-state index contributed by atoms with van der Waals surface area (Å²) in [5.41, 5.74) is 1.56. The number of fused-ring (bicyclic) bond motifs is 1. The molecule has 2 aliphatic heterocycles. The van der Waals surface area contributed by atoms with Crippen molar-refractivity contribution in [2.45, 2.75) is 38.3 Å². The molecular weight excluding hydrogens is 484 g/mol. The van der Waals surface area contributed by atoms with Crippen LogP contribution in [0.25, 0.3) is 10.8 Å². The van der Waals surface area contributed by atoms with E-state index in [1.807, 2.05) is 47.4 Å². The van der Waals surface area contributed by atoms with Crippen LogP contribution in [0.1, 0.15) is 36.5 Å². The van der Waals surface area contributed by atoms with Crippen LogP contribution in [0.3, 0.4) is 0 Å². The molecule has 0 spiro atoms. The average molecular weight is 515 g/mol. The van der Waals surface area contributed by atoms with Crippen LogP contribution in [0.2, 0.25) is 0 Å². The summed E-state index contributed by atoms with van der Waals surface area (Å²) in [4.78, 5) is 53.8. The molecule has 2 aliphatic rings. The number of hydrogen-bond donors (Lipinski definition) is 2. The van der Waals surface area contributed by atoms with E-state index in [9.17, 15) is 19.2 Å². The molecule has 4 amide bonds. The third-order valence-corrected chi connectivity index (χ3v) is 7.10. The van der Waals surface area contributed by atoms with Gasteiger partial charge in [-0.2, -0.15) is 0 Å². The first-order valence-corrected chi connectivity index (χ1v) is 12.9. The smallest absolute Gasteiger partial charge is 0.338 e. The second-order valence-corrected chi connectivity index (χ2v) is 9.49. The van der Waals surface area contributed by atoms with E-state index in [4.69, 9.17) is 4.74 Å². The van der Waals surface area contributed by atoms with Gasteiger partial charge in [0.25, 0.3) is 5.91 Å². The zero-order chi connectivity index (χ0) is 26.6. The van der Waals surface area contributed by atoms with Gasteiger partial charge in [-0.15, -0.1) is 0 Å². The lowest BCUT2D eigenvalue weighted by molar-refractivity contribution is -0.123. The molecular formula is C29H30N4O5. The first-order chi connectivity index (χ1) is 18.4. The predicted octanol–water partition coefficient (Wildman–Crippen LogP) is 3.93. The molecule has 1 atom stereocenters. The van der Waals surface area contributed by atoms with Gasteiger partial charge in [-0.25, -0.2) is 14.5 Å². The van der Waals surface area contributed by atoms with Gasteiger partial charge in [-0.3, -0.25) is 14.5 Å². The number of ether oxygens (including phenoxy) is 1. The zero-order valence-electron chi connectivity index (χ0n) is 21.2. The Balaban J connectivity index is 1.15. The Labute approximate surface area is 220 Å². The van der Waals surface area contributed by atoms with E-state index in [-0.39, 0.29) is 36.9 Å². The number of piperidine rings is 1. The Hall–Kier alpha value is -4.24. The first kappa shape index (κ1) is 25.4. The molecule has 2 fully saturated rings. The highest BCUT2D eigenvalue weighted by Crippen LogP contribution is 2.28. The summed E-state index contributed by atoms with van der Waals surface area (Å²) in [6, 6.07) is 19.2. The quantitative estimate of drug-likeness (QED) is 0.381. The third-order valence-electron chi connectivity index (χ3n) is 7.10. The Morgan fingerprint density at radius 2 is 1.66 bits per heavy atom. The van der Waals surface area contributed by atoms with E-state index in [0.717, 1.165) is 16.5 Å². The Kier molecular flexibility index (Phi) is 7.37. The number of hydrogen-bond acceptors (Lipinski definition) is 6. The van der Waals surface area contributed by atoms with Crippen molar-refractivity contribution in [3.8, 4) is 0 Å². The first-order valence-electron chi connectivity index (χ1n) is 12.9. The summed E-state index contributed by atoms with van der Waals surface area (Å²) < 4.78 is 4.99. The van der Waals surface area contributed by atoms with Crippen LogP contribution in [-0.4, -0.2) is 60.5 Å². The molecule has 3 aromatic carbocycles. The number of imide groups is 1. The fourth-order valence-corrected chi connectivity index (χ4v) is 5.17. The Bertz CT molecular complexity index is 1360. The van der Waals surface area contributed by atoms with Gasteiger partial charge in [-0.1, -0.05) is 36.4 Å². The molecule has 38 heavy (non-hydrogen) atoms. The number of likely N-dealkylation sites (tertiary alicyclic amines) is 1. The average Bonchev–Trinajstić information content (AvgIpc) is 3.23. The van der Waals surface area contributed by atoms with Crippen LogP contribution < -0.4 is 15.5 Å². The van der Waals surface area contributed by atoms with Crippen LogP contribution in [0.4, 0.5) is 16.2 Å². The number of nitrogens with zero attached hydrogens (tertiary/aromatic N) is 2. The third kappa shape index (κ3) is 5.24. The minimum atomic E-state index is -0.530. The lowest BCUT2D eigenvalue weighted by atomic mass is 10.0. The molecule has 3 aromatic rings. The number of benzene rings is 3. The molecule has 5 rings (SSSR count). The Morgan fingerprint density at radius 1 is 0.947 bits per heavy atom. The number of anilines is 2. The summed E-state index contributed by atoms with van der Waals surface area (Å²) in [7, 11) is 0. The summed E-state index contributed by atoms with van der Waals surface area (Å²) in [5.74, 6) is -0.976. The predicted molar refractivity (Wildman–Crippen MR) is 144 cm³/mol. The highest BCUT2D eigenvalue weighted by atomic mass is 16.5. The summed E-state index contributed by atoms with van der Waals surface area (Å²) in [6.45, 7) is 3.19. The molecule has 9 nitrogen and oxygen atoms in total. The number of esters is 1. The highest BCUT2D eigenvalue weighted by Gasteiger charge is 2.43. The maximum absolute atomic E-state index is 13.2. The molecule has 0 saturated carbocycles. The molecule has 9 heteroatoms. The van der Waals surface area contributed by atoms with Gasteiger partial charge >= 0.3 is 12.0 Å². The van der Waals surface area contributed by atoms with E-state index in [2.05, 4.69) is 10.6 Å². The van der Waals surface area contributed by atoms with Crippen LogP contribution in [0, 0.1) is 0 Å². The second kappa shape index (κ2) is 11.0. The summed E-state index contributed by atoms with van der Waals surface area (Å²) in [5, 5.41) is 8.03. The minimum absolute atomic E-state index is 0.0278. The van der Waals surface area contributed by atoms with Crippen molar-refractivity contribution in [3.05, 3.63) is 72.3 Å². The fraction of sp³-hybridized carbons (Fsp3) is 0.310. The SMILES string of the molecule is CCOC(=O)c1ccc(N2C(=O)C[C@@H](N3CCC(NC(=O)Nc4cccc5ccccc45)CC3)C2=O)cc1. The maximum Gasteiger partial charge on any atom is 0.338 e. The van der Waals surface area contributed by atoms with Crippen LogP contribution in [-0.2, 0) is 14.3 Å². The van der Waals surface area contributed by atoms with Crippen LogP contribution >= 0.6 is 0 Å². The number of nitrogens with one attached hydrogen (secondary N) is 2. The normalized spacial score (nSPS) is 18.6. The monoisotopic (exact) mass is 514 g/mol. The van der Waals surface area contributed by atoms with Gasteiger partial charge in [0.2, 0.25) is 5.91 Å². The fourth-order valence-electron chi connectivity index (χ4n) is 5.17. The van der Waals surface area contributed by atoms with Crippen molar-refractivity contribution < 1.29 is 23.9 Å². The van der Waals surface area contributed by atoms with Gasteiger partial charge in [0, 0.05) is 24.5 Å². The van der Waals surface area contributed by atoms with Crippen molar-refractivity contribution in [1.82, 2.24) is 10.2 Å². The van der Waals surface area contributed by atoms with Gasteiger partial charge < -0.3 is 15.4 Å². The van der Waals surface area contributed by atoms with E-state index in [1.165, 1.54) is 4.90 Å². The standard InChI is InChI=1S/C29H30N4O5/c1-2-38-28(36)20-10-12-22(13-11-20)33-26(34)18-25(27(33)35)32-16-14-21(15-17-32)30-29(37)31-24-9-5-7-19-6-3-4-8-23(19)24/h3-13,21,25H,2,14-18H2,1H3,(H2,30,31,37)/t25-/m1/s1. The number of rotatable bonds is 6. The maximum atomic E-state index is 13.2. The van der Waals surface area contributed by atoms with Crippen molar-refractivity contribution >= 4 is 46.0 Å². The van der Waals surface area contributed by atoms with E-state index in [1.54, 1.807) is 31.2 Å². The second-order valence-electron chi connectivity index (χ2n) is 9.49. The molecule has 0 aliphatic carbocycles. The molecule has 0 unspecified atom stereocenters. The lowest BCUT2D eigenvalue weighted by Crippen LogP contribution is -2.50. The van der Waals surface area contributed by atoms with Gasteiger partial charge in [-0.05, 0) is 55.5 Å². The Morgan fingerprint density at radius 3 is 2.39 bits per heavy atom. The van der Waals surface area contributed by atoms with E-state index < -0.39 is 12.0 Å². The van der Waals surface area contributed by atoms with Crippen LogP contribution in [0.15, 0.2) is 66.7 Å². The molecule has 0 radical (unpaired) electrons. The van der Waals surface area contributed by atoms with Crippen molar-refractivity contribution in [3.63, 3.8) is 0 Å². The largest absolute Gasteiger partial charge is 0.462 e. The number of urea groups is 1. The van der Waals surface area contributed by atoms with Crippen LogP contribution in [0.5, 0.6) is 0 Å².